The summed E-state index contributed by atoms with van der Waals surface area (Å²) >= 11 is 8.17. The molecule has 4 bridgehead atoms. The Hall–Kier alpha value is -7.31. The molecule has 0 saturated carbocycles. The van der Waals surface area contributed by atoms with E-state index in [1.807, 2.05) is 6.92 Å². The van der Waals surface area contributed by atoms with E-state index >= 15 is 0 Å². The molecule has 480 valence electrons. The lowest BCUT2D eigenvalue weighted by Gasteiger charge is -2.42. The van der Waals surface area contributed by atoms with Crippen molar-refractivity contribution in [3.05, 3.63) is 58.7 Å². The molecule has 11 N–H and O–H groups in total. The Morgan fingerprint density at radius 2 is 1.62 bits per heavy atom. The number of halogens is 1. The largest absolute Gasteiger partial charge is 0.495 e. The van der Waals surface area contributed by atoms with E-state index in [4.69, 9.17) is 46.8 Å². The maximum atomic E-state index is 14.5. The van der Waals surface area contributed by atoms with Crippen molar-refractivity contribution in [3.63, 3.8) is 0 Å². The van der Waals surface area contributed by atoms with Gasteiger partial charge in [0.1, 0.15) is 58.9 Å². The smallest absolute Gasteiger partial charge is 0.409 e. The Morgan fingerprint density at radius 1 is 0.966 bits per heavy atom. The first kappa shape index (κ1) is 70.5. The fourth-order valence-corrected chi connectivity index (χ4v) is 10.9. The number of hydrogen-bond donors (Lipinski definition) is 9. The SMILES string of the molecule is COc1cc2cc(c1Cl)N(C)C(=O)CC(OC(=O)[C@H](C)N(C)C(=O)NC(CCSC)C(=O)N[C@@H](CC(N)=O)C(=O)NC(CCCCN)C(=O)NCCNC(=O)CCN1C(=O)C=CC1=O)C1(C)OC1C(C)C1CC(O)(NC(=O)O1)C(OC)/C=C/C=C(\C)C2. The van der Waals surface area contributed by atoms with Crippen molar-refractivity contribution in [2.75, 3.05) is 71.4 Å². The molecule has 0 spiro atoms. The Balaban J connectivity index is 1.32. The molecule has 4 aliphatic rings. The lowest BCUT2D eigenvalue weighted by molar-refractivity contribution is -0.158. The van der Waals surface area contributed by atoms with Crippen molar-refractivity contribution in [3.8, 4) is 5.75 Å². The van der Waals surface area contributed by atoms with Crippen molar-refractivity contribution in [2.45, 2.75) is 145 Å². The van der Waals surface area contributed by atoms with Crippen molar-refractivity contribution in [2.24, 2.45) is 17.4 Å². The Kier molecular flexibility index (Phi) is 26.0. The van der Waals surface area contributed by atoms with Crippen LogP contribution in [0.5, 0.6) is 5.75 Å². The highest BCUT2D eigenvalue weighted by molar-refractivity contribution is 7.98. The number of hydrogen-bond acceptors (Lipinski definition) is 19. The summed E-state index contributed by atoms with van der Waals surface area (Å²) in [6, 6.07) is -3.16. The Bertz CT molecular complexity index is 2820. The molecule has 1 aromatic carbocycles. The summed E-state index contributed by atoms with van der Waals surface area (Å²) in [6.07, 6.45) is 3.58. The fourth-order valence-electron chi connectivity index (χ4n) is 10.1. The molecular formula is C57H82ClN11O17S. The zero-order chi connectivity index (χ0) is 64.5. The first-order valence-electron chi connectivity index (χ1n) is 28.4. The normalized spacial score (nSPS) is 25.1. The molecule has 4 heterocycles. The summed E-state index contributed by atoms with van der Waals surface area (Å²) in [5, 5.41) is 27.4. The second kappa shape index (κ2) is 32.1. The van der Waals surface area contributed by atoms with Gasteiger partial charge in [-0.1, -0.05) is 42.3 Å². The van der Waals surface area contributed by atoms with E-state index in [1.165, 1.54) is 51.9 Å². The van der Waals surface area contributed by atoms with E-state index < -0.39 is 144 Å². The van der Waals surface area contributed by atoms with Gasteiger partial charge >= 0.3 is 18.1 Å². The highest BCUT2D eigenvalue weighted by Crippen LogP contribution is 2.49. The lowest BCUT2D eigenvalue weighted by atomic mass is 9.83. The van der Waals surface area contributed by atoms with Crippen LogP contribution >= 0.6 is 23.4 Å². The number of fused-ring (bicyclic) bond motifs is 5. The topological polar surface area (TPSA) is 391 Å². The van der Waals surface area contributed by atoms with Gasteiger partial charge in [0, 0.05) is 71.8 Å². The number of nitrogens with one attached hydrogen (secondary N) is 6. The van der Waals surface area contributed by atoms with Crippen LogP contribution in [0.1, 0.15) is 84.6 Å². The number of unbranched alkanes of at least 4 members (excludes halogenated alkanes) is 1. The van der Waals surface area contributed by atoms with Crippen molar-refractivity contribution in [1.82, 2.24) is 41.7 Å². The van der Waals surface area contributed by atoms with E-state index in [9.17, 15) is 57.8 Å². The van der Waals surface area contributed by atoms with Gasteiger partial charge < -0.3 is 76.6 Å². The van der Waals surface area contributed by atoms with Crippen LogP contribution in [0, 0.1) is 5.92 Å². The van der Waals surface area contributed by atoms with E-state index in [0.29, 0.717) is 30.6 Å². The number of nitrogens with zero attached hydrogens (tertiary/aromatic N) is 3. The number of primary amides is 1. The van der Waals surface area contributed by atoms with E-state index in [-0.39, 0.29) is 68.3 Å². The monoisotopic (exact) mass is 1260 g/mol. The van der Waals surface area contributed by atoms with Crippen LogP contribution in [0.2, 0.25) is 5.02 Å². The molecule has 0 radical (unpaired) electrons. The van der Waals surface area contributed by atoms with Crippen LogP contribution < -0.4 is 53.0 Å². The first-order valence-corrected chi connectivity index (χ1v) is 30.2. The van der Waals surface area contributed by atoms with Crippen molar-refractivity contribution >= 4 is 94.4 Å². The molecule has 2 fully saturated rings. The van der Waals surface area contributed by atoms with Crippen LogP contribution in [0.3, 0.4) is 0 Å². The van der Waals surface area contributed by atoms with Gasteiger partial charge in [0.2, 0.25) is 35.4 Å². The molecule has 87 heavy (non-hydrogen) atoms. The van der Waals surface area contributed by atoms with Gasteiger partial charge in [-0.3, -0.25) is 48.6 Å². The van der Waals surface area contributed by atoms with Gasteiger partial charge in [-0.15, -0.1) is 0 Å². The molecule has 5 rings (SSSR count). The average molecular weight is 1260 g/mol. The molecule has 11 amide bonds. The molecular weight excluding hydrogens is 1180 g/mol. The van der Waals surface area contributed by atoms with Gasteiger partial charge in [0.15, 0.2) is 5.72 Å². The summed E-state index contributed by atoms with van der Waals surface area (Å²) in [7, 11) is 5.57. The predicted molar refractivity (Wildman–Crippen MR) is 318 cm³/mol. The highest BCUT2D eigenvalue weighted by atomic mass is 35.5. The molecule has 1 aromatic rings. The number of anilines is 1. The second-order valence-corrected chi connectivity index (χ2v) is 23.3. The molecule has 0 aliphatic carbocycles. The number of carbonyl (C=O) groups excluding carboxylic acids is 11. The zero-order valence-corrected chi connectivity index (χ0v) is 52.0. The number of urea groups is 1. The third-order valence-electron chi connectivity index (χ3n) is 15.5. The molecule has 2 saturated heterocycles. The van der Waals surface area contributed by atoms with Crippen LogP contribution in [0.15, 0.2) is 48.1 Å². The van der Waals surface area contributed by atoms with Gasteiger partial charge in [0.05, 0.1) is 31.7 Å². The average Bonchev–Trinajstić information content (AvgIpc) is 1.61. The first-order chi connectivity index (χ1) is 41.1. The minimum Gasteiger partial charge on any atom is -0.495 e. The number of ether oxygens (including phenoxy) is 5. The third kappa shape index (κ3) is 19.1. The summed E-state index contributed by atoms with van der Waals surface area (Å²) in [5.41, 5.74) is 9.69. The Labute approximate surface area is 514 Å². The molecule has 11 atom stereocenters. The number of rotatable bonds is 26. The maximum Gasteiger partial charge on any atom is 0.409 e. The summed E-state index contributed by atoms with van der Waals surface area (Å²) < 4.78 is 29.5. The quantitative estimate of drug-likeness (QED) is 0.0261. The zero-order valence-electron chi connectivity index (χ0n) is 50.4. The number of amides is 11. The lowest BCUT2D eigenvalue weighted by Crippen LogP contribution is -2.63. The standard InChI is InChI=1S/C57H82ClN11O17S/c1-31-13-12-15-41(83-8)57(81)30-40(84-55(80)66-57)32(2)49-56(4,86-49)42(29-47(74)68(6)38-26-34(25-31)27-39(82-7)48(38)58)85-53(78)33(3)67(5)54(79)65-36(19-24-87-9)51(76)64-37(28-43(60)70)52(77)63-35(14-10-11-20-59)50(75)62-22-21-61-44(71)18-23-69-45(72)16-17-46(69)73/h12-13,15-17,26-27,32-33,35-37,40-42,49,81H,10-11,14,18-25,28-30,59H2,1-9H3,(H2,60,70)(H,61,71)(H,62,75)(H,63,77)(H,64,76)(H,65,79)(H,66,80)/b15-12+,31-13+/t32?,33-,35?,36?,37-,40?,41?,42?,49?,56?,57?/m0/s1. The van der Waals surface area contributed by atoms with E-state index in [1.54, 1.807) is 50.5 Å². The van der Waals surface area contributed by atoms with Crippen molar-refractivity contribution in [1.29, 1.82) is 0 Å². The number of imide groups is 1. The van der Waals surface area contributed by atoms with Gasteiger partial charge in [-0.05, 0) is 89.1 Å². The molecule has 30 heteroatoms. The van der Waals surface area contributed by atoms with Crippen LogP contribution in [0.25, 0.3) is 0 Å². The molecule has 9 unspecified atom stereocenters. The number of methoxy groups -OCH3 is 2. The Morgan fingerprint density at radius 3 is 2.26 bits per heavy atom. The summed E-state index contributed by atoms with van der Waals surface area (Å²) in [5.74, 6) is -6.81. The second-order valence-electron chi connectivity index (χ2n) is 21.9. The number of aliphatic hydroxyl groups is 1. The summed E-state index contributed by atoms with van der Waals surface area (Å²) in [6.45, 7) is 6.53. The summed E-state index contributed by atoms with van der Waals surface area (Å²) in [4.78, 5) is 149. The van der Waals surface area contributed by atoms with Crippen LogP contribution in [-0.2, 0) is 68.5 Å². The highest BCUT2D eigenvalue weighted by Gasteiger charge is 2.64. The number of alkyl carbamates (subject to hydrolysis) is 1. The number of thioether (sulfide) groups is 1. The minimum atomic E-state index is -1.95. The third-order valence-corrected chi connectivity index (χ3v) is 16.5. The molecule has 28 nitrogen and oxygen atoms in total. The molecule has 4 aliphatic heterocycles. The molecule has 0 aromatic heterocycles. The predicted octanol–water partition coefficient (Wildman–Crippen LogP) is 0.341. The fraction of sp³-hybridized carbons (Fsp3) is 0.596. The number of epoxide rings is 1. The minimum absolute atomic E-state index is 0.0165. The number of benzene rings is 1. The number of likely N-dealkylation sites (N-methyl/N-ethyl adjacent to an activating group) is 1. The van der Waals surface area contributed by atoms with Gasteiger partial charge in [-0.25, -0.2) is 14.4 Å². The van der Waals surface area contributed by atoms with Crippen LogP contribution in [0.4, 0.5) is 15.3 Å². The van der Waals surface area contributed by atoms with E-state index in [0.717, 1.165) is 27.5 Å². The number of carbonyl (C=O) groups is 11. The maximum absolute atomic E-state index is 14.5. The van der Waals surface area contributed by atoms with E-state index in [2.05, 4.69) is 31.9 Å². The van der Waals surface area contributed by atoms with Crippen molar-refractivity contribution < 1.29 is 81.5 Å². The van der Waals surface area contributed by atoms with Crippen LogP contribution in [-0.4, -0.2) is 207 Å². The van der Waals surface area contributed by atoms with Gasteiger partial charge in [0.25, 0.3) is 11.8 Å². The number of nitrogens with two attached hydrogens (primary N) is 2. The number of allylic oxidation sites excluding steroid dienone is 3. The number of esters is 1. The van der Waals surface area contributed by atoms with Gasteiger partial charge in [-0.2, -0.15) is 11.8 Å².